The molecule has 0 saturated heterocycles. The molecule has 0 atom stereocenters. The number of nitro benzene ring substituents is 1. The molecule has 3 nitrogen and oxygen atoms in total. The van der Waals surface area contributed by atoms with Crippen LogP contribution in [0.2, 0.25) is 0 Å². The first-order valence-corrected chi connectivity index (χ1v) is 12.7. The van der Waals surface area contributed by atoms with Gasteiger partial charge in [-0.1, -0.05) is 6.07 Å². The number of hydrogen-bond acceptors (Lipinski definition) is 4. The number of rotatable bonds is 3. The third-order valence-electron chi connectivity index (χ3n) is 6.06. The lowest BCUT2D eigenvalue weighted by Gasteiger charge is -2.26. The molecule has 182 valence electrons. The molecule has 4 aromatic rings. The van der Waals surface area contributed by atoms with Gasteiger partial charge in [-0.2, -0.15) is 26.3 Å². The molecule has 0 bridgehead atoms. The van der Waals surface area contributed by atoms with Crippen LogP contribution in [0.5, 0.6) is 0 Å². The highest BCUT2D eigenvalue weighted by molar-refractivity contribution is 14.1. The molecule has 2 aromatic heterocycles. The highest BCUT2D eigenvalue weighted by Crippen LogP contribution is 2.67. The molecule has 1 aliphatic rings. The number of fused-ring (bicyclic) bond motifs is 2. The number of halogens is 7. The fourth-order valence-electron chi connectivity index (χ4n) is 4.52. The quantitative estimate of drug-likeness (QED) is 0.0972. The number of allylic oxidation sites excluding steroid dienone is 2. The summed E-state index contributed by atoms with van der Waals surface area (Å²) in [6.45, 7) is 2.78. The van der Waals surface area contributed by atoms with E-state index in [1.54, 1.807) is 12.1 Å². The van der Waals surface area contributed by atoms with Gasteiger partial charge in [0.25, 0.3) is 5.69 Å². The third kappa shape index (κ3) is 3.21. The van der Waals surface area contributed by atoms with E-state index in [-0.39, 0.29) is 36.5 Å². The zero-order chi connectivity index (χ0) is 25.7. The van der Waals surface area contributed by atoms with Gasteiger partial charge in [-0.3, -0.25) is 10.1 Å². The molecule has 0 saturated carbocycles. The van der Waals surface area contributed by atoms with E-state index < -0.39 is 39.4 Å². The topological polar surface area (TPSA) is 43.1 Å². The number of hydrogen-bond donors (Lipinski definition) is 0. The van der Waals surface area contributed by atoms with E-state index in [0.717, 1.165) is 44.4 Å². The minimum Gasteiger partial charge on any atom is -0.258 e. The zero-order valence-electron chi connectivity index (χ0n) is 17.7. The van der Waals surface area contributed by atoms with Crippen molar-refractivity contribution >= 4 is 82.3 Å². The standard InChI is InChI=1S/C23H12F6INO2S2/c1-9-17(13-5-3-11(30)7-15(13)34-9)19-20(22(26,27)23(28,29)21(19,24)25)18-10(2)35-16-8-12(31(32)33)4-6-14(16)18/h3-8H,1-2H3. The minimum atomic E-state index is -5.68. The number of thiophene rings is 2. The highest BCUT2D eigenvalue weighted by Gasteiger charge is 2.80. The lowest BCUT2D eigenvalue weighted by atomic mass is 9.91. The first-order valence-electron chi connectivity index (χ1n) is 9.95. The summed E-state index contributed by atoms with van der Waals surface area (Å²) >= 11 is 3.91. The smallest absolute Gasteiger partial charge is 0.258 e. The summed E-state index contributed by atoms with van der Waals surface area (Å²) in [6, 6.07) is 8.02. The van der Waals surface area contributed by atoms with Crippen LogP contribution in [-0.4, -0.2) is 22.7 Å². The first-order chi connectivity index (χ1) is 16.2. The van der Waals surface area contributed by atoms with Gasteiger partial charge < -0.3 is 0 Å². The Hall–Kier alpha value is -2.19. The van der Waals surface area contributed by atoms with Crippen molar-refractivity contribution in [1.29, 1.82) is 0 Å². The second-order valence-electron chi connectivity index (χ2n) is 8.12. The van der Waals surface area contributed by atoms with Crippen LogP contribution in [0.25, 0.3) is 31.3 Å². The maximum atomic E-state index is 15.4. The Morgan fingerprint density at radius 1 is 0.800 bits per heavy atom. The lowest BCUT2D eigenvalue weighted by Crippen LogP contribution is -2.48. The molecule has 0 spiro atoms. The number of nitrogens with zero attached hydrogens (tertiary/aromatic N) is 1. The first kappa shape index (κ1) is 24.5. The summed E-state index contributed by atoms with van der Waals surface area (Å²) in [5.74, 6) is -16.1. The molecular formula is C23H12F6INO2S2. The van der Waals surface area contributed by atoms with Crippen molar-refractivity contribution < 1.29 is 31.3 Å². The van der Waals surface area contributed by atoms with Gasteiger partial charge in [-0.25, -0.2) is 0 Å². The van der Waals surface area contributed by atoms with Crippen molar-refractivity contribution in [2.45, 2.75) is 31.6 Å². The molecule has 0 unspecified atom stereocenters. The van der Waals surface area contributed by atoms with Crippen LogP contribution in [-0.2, 0) is 0 Å². The molecule has 0 fully saturated rings. The normalized spacial score (nSPS) is 18.7. The number of non-ortho nitro benzene ring substituents is 1. The van der Waals surface area contributed by atoms with Gasteiger partial charge in [0.2, 0.25) is 0 Å². The van der Waals surface area contributed by atoms with Gasteiger partial charge in [0.1, 0.15) is 0 Å². The highest BCUT2D eigenvalue weighted by atomic mass is 127. The molecule has 0 radical (unpaired) electrons. The van der Waals surface area contributed by atoms with Gasteiger partial charge in [0.15, 0.2) is 0 Å². The van der Waals surface area contributed by atoms with Crippen LogP contribution < -0.4 is 0 Å². The second-order valence-corrected chi connectivity index (χ2v) is 11.9. The van der Waals surface area contributed by atoms with Crippen LogP contribution in [0.1, 0.15) is 20.9 Å². The summed E-state index contributed by atoms with van der Waals surface area (Å²) in [6.07, 6.45) is 0. The number of benzene rings is 2. The summed E-state index contributed by atoms with van der Waals surface area (Å²) in [5.41, 5.74) is -3.95. The molecule has 12 heteroatoms. The van der Waals surface area contributed by atoms with E-state index in [0.29, 0.717) is 4.70 Å². The Bertz CT molecular complexity index is 1600. The number of nitro groups is 1. The van der Waals surface area contributed by atoms with E-state index in [1.165, 1.54) is 19.9 Å². The van der Waals surface area contributed by atoms with Crippen molar-refractivity contribution in [1.82, 2.24) is 0 Å². The monoisotopic (exact) mass is 639 g/mol. The molecule has 2 aromatic carbocycles. The van der Waals surface area contributed by atoms with Gasteiger partial charge in [0.05, 0.1) is 4.92 Å². The number of alkyl halides is 6. The summed E-state index contributed by atoms with van der Waals surface area (Å²) < 4.78 is 92.8. The molecule has 5 rings (SSSR count). The Kier molecular flexibility index (Phi) is 5.36. The van der Waals surface area contributed by atoms with Crippen molar-refractivity contribution in [3.8, 4) is 0 Å². The fourth-order valence-corrected chi connectivity index (χ4v) is 7.44. The van der Waals surface area contributed by atoms with Crippen LogP contribution in [0.15, 0.2) is 36.4 Å². The lowest BCUT2D eigenvalue weighted by molar-refractivity contribution is -0.384. The Balaban J connectivity index is 1.95. The van der Waals surface area contributed by atoms with Crippen molar-refractivity contribution in [3.63, 3.8) is 0 Å². The Morgan fingerprint density at radius 2 is 1.26 bits per heavy atom. The predicted molar refractivity (Wildman–Crippen MR) is 134 cm³/mol. The van der Waals surface area contributed by atoms with Crippen LogP contribution >= 0.6 is 45.3 Å². The van der Waals surface area contributed by atoms with Crippen molar-refractivity contribution in [2.24, 2.45) is 0 Å². The Labute approximate surface area is 215 Å². The van der Waals surface area contributed by atoms with E-state index in [2.05, 4.69) is 0 Å². The average molecular weight is 639 g/mol. The molecular weight excluding hydrogens is 627 g/mol. The van der Waals surface area contributed by atoms with E-state index in [9.17, 15) is 18.9 Å². The number of aryl methyl sites for hydroxylation is 2. The molecule has 0 N–H and O–H groups in total. The van der Waals surface area contributed by atoms with Gasteiger partial charge in [-0.05, 0) is 54.6 Å². The third-order valence-corrected chi connectivity index (χ3v) is 8.86. The zero-order valence-corrected chi connectivity index (χ0v) is 21.5. The molecule has 0 aliphatic heterocycles. The van der Waals surface area contributed by atoms with E-state index >= 15 is 17.6 Å². The summed E-state index contributed by atoms with van der Waals surface area (Å²) in [5, 5.41) is 11.3. The van der Waals surface area contributed by atoms with Gasteiger partial charge in [-0.15, -0.1) is 22.7 Å². The largest absolute Gasteiger partial charge is 0.380 e. The molecule has 0 amide bonds. The maximum absolute atomic E-state index is 15.4. The molecule has 2 heterocycles. The van der Waals surface area contributed by atoms with Gasteiger partial charge in [0, 0.05) is 67.9 Å². The Morgan fingerprint density at radius 3 is 1.74 bits per heavy atom. The SMILES string of the molecule is Cc1sc2cc(I)ccc2c1C1=C(c2c(C)sc3cc([N+](=O)[O-])ccc23)C(F)(F)C(F)(F)C1(F)F. The minimum absolute atomic E-state index is 0.0227. The van der Waals surface area contributed by atoms with E-state index in [4.69, 9.17) is 0 Å². The van der Waals surface area contributed by atoms with Crippen molar-refractivity contribution in [2.75, 3.05) is 0 Å². The maximum Gasteiger partial charge on any atom is 0.380 e. The van der Waals surface area contributed by atoms with Crippen LogP contribution in [0, 0.1) is 27.5 Å². The second kappa shape index (κ2) is 7.65. The van der Waals surface area contributed by atoms with Crippen LogP contribution in [0.4, 0.5) is 32.0 Å². The molecule has 35 heavy (non-hydrogen) atoms. The van der Waals surface area contributed by atoms with Crippen molar-refractivity contribution in [3.05, 3.63) is 71.0 Å². The summed E-state index contributed by atoms with van der Waals surface area (Å²) in [4.78, 5) is 10.7. The summed E-state index contributed by atoms with van der Waals surface area (Å²) in [7, 11) is 0. The molecule has 1 aliphatic carbocycles. The fraction of sp³-hybridized carbons (Fsp3) is 0.217. The van der Waals surface area contributed by atoms with E-state index in [1.807, 2.05) is 22.6 Å². The van der Waals surface area contributed by atoms with Gasteiger partial charge >= 0.3 is 17.8 Å². The average Bonchev–Trinajstić information content (AvgIpc) is 3.27. The predicted octanol–water partition coefficient (Wildman–Crippen LogP) is 9.08. The van der Waals surface area contributed by atoms with Crippen LogP contribution in [0.3, 0.4) is 0 Å².